The van der Waals surface area contributed by atoms with Gasteiger partial charge in [0.2, 0.25) is 0 Å². The molecule has 0 bridgehead atoms. The summed E-state index contributed by atoms with van der Waals surface area (Å²) in [5.74, 6) is -0.764. The van der Waals surface area contributed by atoms with Gasteiger partial charge < -0.3 is 20.6 Å². The molecular weight excluding hydrogens is 384 g/mol. The lowest BCUT2D eigenvalue weighted by Crippen LogP contribution is -2.42. The molecule has 1 aliphatic heterocycles. The molecule has 1 heterocycles. The van der Waals surface area contributed by atoms with Gasteiger partial charge in [-0.1, -0.05) is 0 Å². The van der Waals surface area contributed by atoms with Crippen molar-refractivity contribution in [3.05, 3.63) is 49.8 Å². The normalized spacial score (nSPS) is 16.7. The highest BCUT2D eigenvalue weighted by molar-refractivity contribution is 8.11. The number of thioether (sulfide) groups is 2. The summed E-state index contributed by atoms with van der Waals surface area (Å²) in [6, 6.07) is 3.95. The van der Waals surface area contributed by atoms with Crippen LogP contribution in [0.3, 0.4) is 0 Å². The van der Waals surface area contributed by atoms with Crippen LogP contribution in [-0.4, -0.2) is 56.3 Å². The minimum atomic E-state index is -1.32. The molecule has 1 aromatic carbocycles. The van der Waals surface area contributed by atoms with Gasteiger partial charge in [-0.25, -0.2) is 4.79 Å². The summed E-state index contributed by atoms with van der Waals surface area (Å²) in [7, 11) is 0. The Morgan fingerprint density at radius 3 is 2.27 bits per heavy atom. The second-order valence-corrected chi connectivity index (χ2v) is 7.43. The van der Waals surface area contributed by atoms with E-state index < -0.39 is 35.6 Å². The number of hydrogen-bond acceptors (Lipinski definition) is 8. The van der Waals surface area contributed by atoms with Gasteiger partial charge in [0.1, 0.15) is 11.0 Å². The first-order valence-electron chi connectivity index (χ1n) is 7.42. The minimum Gasteiger partial charge on any atom is -0.477 e. The van der Waals surface area contributed by atoms with E-state index in [2.05, 4.69) is 5.32 Å². The summed E-state index contributed by atoms with van der Waals surface area (Å²) < 4.78 is 0. The summed E-state index contributed by atoms with van der Waals surface area (Å²) in [6.45, 7) is -0.600. The maximum absolute atomic E-state index is 12.4. The van der Waals surface area contributed by atoms with Crippen molar-refractivity contribution in [2.24, 2.45) is 0 Å². The van der Waals surface area contributed by atoms with Crippen LogP contribution in [0.25, 0.3) is 0 Å². The maximum Gasteiger partial charge on any atom is 0.343 e. The predicted molar refractivity (Wildman–Crippen MR) is 96.7 cm³/mol. The first-order chi connectivity index (χ1) is 12.3. The highest BCUT2D eigenvalue weighted by atomic mass is 32.2. The van der Waals surface area contributed by atoms with Crippen LogP contribution in [-0.2, 0) is 9.59 Å². The quantitative estimate of drug-likeness (QED) is 0.386. The van der Waals surface area contributed by atoms with E-state index in [1.165, 1.54) is 24.3 Å². The Labute approximate surface area is 156 Å². The van der Waals surface area contributed by atoms with Crippen LogP contribution in [0.5, 0.6) is 0 Å². The van der Waals surface area contributed by atoms with E-state index in [0.717, 1.165) is 23.5 Å². The molecule has 2 rings (SSSR count). The smallest absolute Gasteiger partial charge is 0.343 e. The number of carbonyl (C=O) groups is 2. The third kappa shape index (κ3) is 4.75. The summed E-state index contributed by atoms with van der Waals surface area (Å²) >= 11 is 2.16. The van der Waals surface area contributed by atoms with Crippen molar-refractivity contribution in [1.29, 1.82) is 0 Å². The van der Waals surface area contributed by atoms with E-state index in [-0.39, 0.29) is 21.1 Å². The third-order valence-electron chi connectivity index (χ3n) is 3.52. The third-order valence-corrected chi connectivity index (χ3v) is 6.07. The number of nitrogens with zero attached hydrogens (tertiary/aromatic N) is 1. The fourth-order valence-electron chi connectivity index (χ4n) is 2.23. The summed E-state index contributed by atoms with van der Waals surface area (Å²) in [5.41, 5.74) is 0.116. The monoisotopic (exact) mass is 400 g/mol. The standard InChI is InChI=1S/C15H16N2O7S2/c18-7-10(11(19)8-1-3-9(4-2-8)17(23)24)16-14(20)12-13(15(21)22)26-6-5-25-12/h1-4,10-11,18-19H,5-7H2,(H,16,20)(H,21,22)/t10-,11+/m0/s1. The van der Waals surface area contributed by atoms with Crippen LogP contribution in [0.2, 0.25) is 0 Å². The number of aliphatic carboxylic acids is 1. The van der Waals surface area contributed by atoms with Crippen LogP contribution in [0.15, 0.2) is 34.1 Å². The van der Waals surface area contributed by atoms with Crippen LogP contribution < -0.4 is 5.32 Å². The second-order valence-electron chi connectivity index (χ2n) is 5.22. The van der Waals surface area contributed by atoms with E-state index in [0.29, 0.717) is 11.5 Å². The number of aliphatic hydroxyl groups is 2. The molecule has 0 saturated carbocycles. The Kier molecular flexibility index (Phi) is 7.03. The van der Waals surface area contributed by atoms with Crippen molar-refractivity contribution in [1.82, 2.24) is 5.32 Å². The molecule has 0 spiro atoms. The van der Waals surface area contributed by atoms with E-state index in [1.807, 2.05) is 0 Å². The van der Waals surface area contributed by atoms with Crippen LogP contribution in [0.4, 0.5) is 5.69 Å². The lowest BCUT2D eigenvalue weighted by Gasteiger charge is -2.24. The molecular formula is C15H16N2O7S2. The van der Waals surface area contributed by atoms with Gasteiger partial charge in [-0.3, -0.25) is 14.9 Å². The Morgan fingerprint density at radius 1 is 1.19 bits per heavy atom. The zero-order chi connectivity index (χ0) is 19.3. The number of non-ortho nitro benzene ring substituents is 1. The molecule has 1 amide bonds. The molecule has 0 fully saturated rings. The van der Waals surface area contributed by atoms with Gasteiger partial charge in [-0.05, 0) is 17.7 Å². The number of nitro groups is 1. The van der Waals surface area contributed by atoms with Crippen LogP contribution >= 0.6 is 23.5 Å². The Bertz CT molecular complexity index is 736. The van der Waals surface area contributed by atoms with Gasteiger partial charge >= 0.3 is 5.97 Å². The Balaban J connectivity index is 2.16. The van der Waals surface area contributed by atoms with Crippen LogP contribution in [0.1, 0.15) is 11.7 Å². The average molecular weight is 400 g/mol. The zero-order valence-corrected chi connectivity index (χ0v) is 15.0. The SMILES string of the molecule is O=C(O)C1=C(C(=O)N[C@@H](CO)[C@H](O)c2ccc([N+](=O)[O-])cc2)SCCS1. The van der Waals surface area contributed by atoms with Crippen molar-refractivity contribution in [3.8, 4) is 0 Å². The maximum atomic E-state index is 12.4. The lowest BCUT2D eigenvalue weighted by molar-refractivity contribution is -0.384. The number of benzene rings is 1. The molecule has 9 nitrogen and oxygen atoms in total. The number of hydrogen-bond donors (Lipinski definition) is 4. The zero-order valence-electron chi connectivity index (χ0n) is 13.3. The van der Waals surface area contributed by atoms with Crippen molar-refractivity contribution >= 4 is 41.1 Å². The summed E-state index contributed by atoms with van der Waals surface area (Å²) in [4.78, 5) is 33.7. The average Bonchev–Trinajstić information content (AvgIpc) is 2.65. The number of carboxylic acids is 1. The molecule has 0 unspecified atom stereocenters. The Hall–Kier alpha value is -2.08. The fourth-order valence-corrected chi connectivity index (χ4v) is 4.41. The van der Waals surface area contributed by atoms with Gasteiger partial charge in [-0.15, -0.1) is 23.5 Å². The topological polar surface area (TPSA) is 150 Å². The number of nitrogens with one attached hydrogen (secondary N) is 1. The number of carbonyl (C=O) groups excluding carboxylic acids is 1. The van der Waals surface area contributed by atoms with Crippen molar-refractivity contribution in [2.45, 2.75) is 12.1 Å². The molecule has 26 heavy (non-hydrogen) atoms. The highest BCUT2D eigenvalue weighted by Gasteiger charge is 2.29. The number of amides is 1. The van der Waals surface area contributed by atoms with E-state index in [4.69, 9.17) is 0 Å². The molecule has 140 valence electrons. The fraction of sp³-hybridized carbons (Fsp3) is 0.333. The molecule has 4 N–H and O–H groups in total. The summed E-state index contributed by atoms with van der Waals surface area (Å²) in [5, 5.41) is 42.1. The highest BCUT2D eigenvalue weighted by Crippen LogP contribution is 2.34. The predicted octanol–water partition coefficient (Wildman–Crippen LogP) is 0.881. The van der Waals surface area contributed by atoms with Gasteiger partial charge in [0.25, 0.3) is 11.6 Å². The van der Waals surface area contributed by atoms with Crippen molar-refractivity contribution in [3.63, 3.8) is 0 Å². The first kappa shape index (κ1) is 20.2. The molecule has 0 aromatic heterocycles. The number of rotatable bonds is 7. The summed E-state index contributed by atoms with van der Waals surface area (Å²) in [6.07, 6.45) is -1.32. The molecule has 11 heteroatoms. The Morgan fingerprint density at radius 2 is 1.77 bits per heavy atom. The van der Waals surface area contributed by atoms with Crippen LogP contribution in [0, 0.1) is 10.1 Å². The largest absolute Gasteiger partial charge is 0.477 e. The lowest BCUT2D eigenvalue weighted by atomic mass is 10.0. The number of aliphatic hydroxyl groups excluding tert-OH is 2. The second kappa shape index (κ2) is 9.03. The van der Waals surface area contributed by atoms with Gasteiger partial charge in [-0.2, -0.15) is 0 Å². The molecule has 2 atom stereocenters. The van der Waals surface area contributed by atoms with Gasteiger partial charge in [0.15, 0.2) is 0 Å². The minimum absolute atomic E-state index is 0.0306. The van der Waals surface area contributed by atoms with Crippen molar-refractivity contribution < 1.29 is 29.8 Å². The van der Waals surface area contributed by atoms with E-state index >= 15 is 0 Å². The first-order valence-corrected chi connectivity index (χ1v) is 9.39. The molecule has 0 aliphatic carbocycles. The molecule has 1 aliphatic rings. The van der Waals surface area contributed by atoms with E-state index in [9.17, 15) is 35.0 Å². The number of carboxylic acid groups (broad SMARTS) is 1. The van der Waals surface area contributed by atoms with Gasteiger partial charge in [0.05, 0.1) is 22.5 Å². The molecule has 1 aromatic rings. The van der Waals surface area contributed by atoms with E-state index in [1.54, 1.807) is 0 Å². The van der Waals surface area contributed by atoms with Gasteiger partial charge in [0, 0.05) is 23.6 Å². The molecule has 0 radical (unpaired) electrons. The number of nitro benzene ring substituents is 1. The molecule has 0 saturated heterocycles. The van der Waals surface area contributed by atoms with Crippen molar-refractivity contribution in [2.75, 3.05) is 18.1 Å².